The van der Waals surface area contributed by atoms with Gasteiger partial charge in [-0.1, -0.05) is 30.3 Å². The van der Waals surface area contributed by atoms with Gasteiger partial charge in [0.25, 0.3) is 5.91 Å². The van der Waals surface area contributed by atoms with E-state index in [1.54, 1.807) is 30.3 Å². The summed E-state index contributed by atoms with van der Waals surface area (Å²) in [5.74, 6) is -0.701. The smallest absolute Gasteiger partial charge is 0.271 e. The highest BCUT2D eigenvalue weighted by Crippen LogP contribution is 2.05. The first-order chi connectivity index (χ1) is 12.2. The Labute approximate surface area is 146 Å². The Hall–Kier alpha value is -2.57. The number of hydrogen-bond acceptors (Lipinski definition) is 3. The van der Waals surface area contributed by atoms with Gasteiger partial charge in [0, 0.05) is 16.7 Å². The number of nitrogens with zero attached hydrogens (tertiary/aromatic N) is 1. The lowest BCUT2D eigenvalue weighted by molar-refractivity contribution is -0.921. The molecule has 0 atom stereocenters. The third kappa shape index (κ3) is 4.95. The Morgan fingerprint density at radius 2 is 1.88 bits per heavy atom. The first-order valence-corrected chi connectivity index (χ1v) is 8.30. The Morgan fingerprint density at radius 1 is 1.16 bits per heavy atom. The van der Waals surface area contributed by atoms with Crippen LogP contribution in [0.1, 0.15) is 21.5 Å². The van der Waals surface area contributed by atoms with E-state index in [-0.39, 0.29) is 11.7 Å². The standard InChI is InChI=1S/C19H20FN3O2/c20-18-4-2-1-3-17(18)13-21-22-19(24)16-7-5-15(6-8-16)14-23-9-11-25-12-10-23/h1-8,13H,9-12,14H2,(H,22,24)/p+1/b21-13-. The Balaban J connectivity index is 1.54. The highest BCUT2D eigenvalue weighted by molar-refractivity contribution is 5.94. The van der Waals surface area contributed by atoms with E-state index in [1.807, 2.05) is 12.1 Å². The average molecular weight is 342 g/mol. The normalized spacial score (nSPS) is 15.4. The molecule has 1 fully saturated rings. The molecule has 5 nitrogen and oxygen atoms in total. The summed E-state index contributed by atoms with van der Waals surface area (Å²) in [4.78, 5) is 13.6. The summed E-state index contributed by atoms with van der Waals surface area (Å²) in [6.45, 7) is 4.54. The molecule has 0 aromatic heterocycles. The summed E-state index contributed by atoms with van der Waals surface area (Å²) >= 11 is 0. The van der Waals surface area contributed by atoms with Crippen LogP contribution in [0.4, 0.5) is 4.39 Å². The topological polar surface area (TPSA) is 55.1 Å². The lowest BCUT2D eigenvalue weighted by atomic mass is 10.1. The molecule has 2 N–H and O–H groups in total. The minimum Gasteiger partial charge on any atom is -0.370 e. The van der Waals surface area contributed by atoms with Crippen LogP contribution in [0, 0.1) is 5.82 Å². The maximum Gasteiger partial charge on any atom is 0.271 e. The fourth-order valence-corrected chi connectivity index (χ4v) is 2.70. The van der Waals surface area contributed by atoms with Gasteiger partial charge in [0.05, 0.1) is 19.4 Å². The molecule has 0 spiro atoms. The summed E-state index contributed by atoms with van der Waals surface area (Å²) in [6.07, 6.45) is 1.30. The molecule has 1 aliphatic heterocycles. The van der Waals surface area contributed by atoms with E-state index in [1.165, 1.54) is 22.7 Å². The van der Waals surface area contributed by atoms with Crippen molar-refractivity contribution in [1.82, 2.24) is 5.43 Å². The molecule has 1 heterocycles. The summed E-state index contributed by atoms with van der Waals surface area (Å²) in [5.41, 5.74) is 4.45. The van der Waals surface area contributed by atoms with Gasteiger partial charge in [-0.15, -0.1) is 0 Å². The molecule has 1 saturated heterocycles. The van der Waals surface area contributed by atoms with E-state index < -0.39 is 0 Å². The molecule has 3 rings (SSSR count). The van der Waals surface area contributed by atoms with Crippen molar-refractivity contribution in [2.75, 3.05) is 26.3 Å². The van der Waals surface area contributed by atoms with Crippen molar-refractivity contribution in [3.05, 3.63) is 71.0 Å². The van der Waals surface area contributed by atoms with Crippen molar-refractivity contribution >= 4 is 12.1 Å². The van der Waals surface area contributed by atoms with Gasteiger partial charge < -0.3 is 9.64 Å². The predicted molar refractivity (Wildman–Crippen MR) is 93.1 cm³/mol. The molecule has 2 aromatic rings. The quantitative estimate of drug-likeness (QED) is 0.629. The van der Waals surface area contributed by atoms with E-state index in [0.29, 0.717) is 11.1 Å². The molecule has 1 amide bonds. The molecule has 130 valence electrons. The second kappa shape index (κ2) is 8.50. The van der Waals surface area contributed by atoms with Gasteiger partial charge in [-0.2, -0.15) is 5.10 Å². The fourth-order valence-electron chi connectivity index (χ4n) is 2.70. The number of quaternary nitrogens is 1. The number of carbonyl (C=O) groups is 1. The monoisotopic (exact) mass is 342 g/mol. The van der Waals surface area contributed by atoms with Crippen LogP contribution < -0.4 is 10.3 Å². The Morgan fingerprint density at radius 3 is 2.60 bits per heavy atom. The number of halogens is 1. The van der Waals surface area contributed by atoms with Crippen molar-refractivity contribution in [1.29, 1.82) is 0 Å². The van der Waals surface area contributed by atoms with Crippen LogP contribution in [-0.4, -0.2) is 38.4 Å². The van der Waals surface area contributed by atoms with Crippen LogP contribution in [0.25, 0.3) is 0 Å². The van der Waals surface area contributed by atoms with Crippen molar-refractivity contribution < 1.29 is 18.8 Å². The fraction of sp³-hybridized carbons (Fsp3) is 0.263. The molecule has 0 radical (unpaired) electrons. The van der Waals surface area contributed by atoms with Crippen molar-refractivity contribution in [2.24, 2.45) is 5.10 Å². The van der Waals surface area contributed by atoms with Gasteiger partial charge in [-0.05, 0) is 18.2 Å². The van der Waals surface area contributed by atoms with Crippen molar-refractivity contribution in [2.45, 2.75) is 6.54 Å². The lowest BCUT2D eigenvalue weighted by Crippen LogP contribution is -3.12. The van der Waals surface area contributed by atoms with Gasteiger partial charge in [0.1, 0.15) is 25.5 Å². The first kappa shape index (κ1) is 17.3. The average Bonchev–Trinajstić information content (AvgIpc) is 2.65. The Kier molecular flexibility index (Phi) is 5.87. The Bertz CT molecular complexity index is 741. The largest absolute Gasteiger partial charge is 0.370 e. The van der Waals surface area contributed by atoms with E-state index in [2.05, 4.69) is 10.5 Å². The molecular formula is C19H21FN3O2+. The maximum absolute atomic E-state index is 13.5. The molecule has 1 aliphatic rings. The molecule has 6 heteroatoms. The lowest BCUT2D eigenvalue weighted by Gasteiger charge is -2.23. The van der Waals surface area contributed by atoms with Gasteiger partial charge in [-0.3, -0.25) is 4.79 Å². The van der Waals surface area contributed by atoms with Gasteiger partial charge in [0.2, 0.25) is 0 Å². The molecule has 2 aromatic carbocycles. The zero-order valence-corrected chi connectivity index (χ0v) is 13.9. The number of hydrogen-bond donors (Lipinski definition) is 2. The van der Waals surface area contributed by atoms with E-state index in [0.717, 1.165) is 32.8 Å². The highest BCUT2D eigenvalue weighted by atomic mass is 19.1. The second-order valence-corrected chi connectivity index (χ2v) is 5.96. The number of carbonyl (C=O) groups excluding carboxylic acids is 1. The van der Waals surface area contributed by atoms with Crippen LogP contribution in [0.15, 0.2) is 53.6 Å². The molecule has 0 saturated carbocycles. The summed E-state index contributed by atoms with van der Waals surface area (Å²) in [5, 5.41) is 3.81. The zero-order chi connectivity index (χ0) is 17.5. The molecule has 0 aliphatic carbocycles. The minimum absolute atomic E-state index is 0.321. The summed E-state index contributed by atoms with van der Waals surface area (Å²) < 4.78 is 18.8. The number of rotatable bonds is 5. The van der Waals surface area contributed by atoms with Crippen LogP contribution in [0.2, 0.25) is 0 Å². The second-order valence-electron chi connectivity index (χ2n) is 5.96. The van der Waals surface area contributed by atoms with Crippen LogP contribution >= 0.6 is 0 Å². The number of nitrogens with one attached hydrogen (secondary N) is 2. The van der Waals surface area contributed by atoms with Crippen LogP contribution in [0.3, 0.4) is 0 Å². The number of morpholine rings is 1. The number of benzene rings is 2. The van der Waals surface area contributed by atoms with Crippen LogP contribution in [0.5, 0.6) is 0 Å². The minimum atomic E-state index is -0.379. The maximum atomic E-state index is 13.5. The number of hydrazone groups is 1. The SMILES string of the molecule is O=C(N/N=C\c1ccccc1F)c1ccc(C[NH+]2CCOCC2)cc1. The van der Waals surface area contributed by atoms with E-state index in [4.69, 9.17) is 4.74 Å². The zero-order valence-electron chi connectivity index (χ0n) is 13.9. The number of ether oxygens (including phenoxy) is 1. The van der Waals surface area contributed by atoms with Gasteiger partial charge >= 0.3 is 0 Å². The first-order valence-electron chi connectivity index (χ1n) is 8.30. The molecular weight excluding hydrogens is 321 g/mol. The van der Waals surface area contributed by atoms with Crippen LogP contribution in [-0.2, 0) is 11.3 Å². The third-order valence-corrected chi connectivity index (χ3v) is 4.15. The molecule has 0 unspecified atom stereocenters. The summed E-state index contributed by atoms with van der Waals surface area (Å²) in [7, 11) is 0. The highest BCUT2D eigenvalue weighted by Gasteiger charge is 2.14. The van der Waals surface area contributed by atoms with Crippen molar-refractivity contribution in [3.63, 3.8) is 0 Å². The molecule has 25 heavy (non-hydrogen) atoms. The van der Waals surface area contributed by atoms with E-state index >= 15 is 0 Å². The summed E-state index contributed by atoms with van der Waals surface area (Å²) in [6, 6.07) is 13.7. The van der Waals surface area contributed by atoms with Crippen molar-refractivity contribution in [3.8, 4) is 0 Å². The van der Waals surface area contributed by atoms with E-state index in [9.17, 15) is 9.18 Å². The third-order valence-electron chi connectivity index (χ3n) is 4.15. The van der Waals surface area contributed by atoms with Gasteiger partial charge in [-0.25, -0.2) is 9.82 Å². The molecule has 0 bridgehead atoms. The predicted octanol–water partition coefficient (Wildman–Crippen LogP) is 1.00. The number of amides is 1. The van der Waals surface area contributed by atoms with Gasteiger partial charge in [0.15, 0.2) is 0 Å².